The first kappa shape index (κ1) is 9.67. The van der Waals surface area contributed by atoms with Crippen molar-refractivity contribution < 1.29 is 15.1 Å². The minimum Gasteiger partial charge on any atom is -0.506 e. The van der Waals surface area contributed by atoms with Crippen LogP contribution in [0.3, 0.4) is 0 Å². The number of nitrogen functional groups attached to an aromatic ring is 1. The molecule has 4 N–H and O–H groups in total. The fraction of sp³-hybridized carbons (Fsp3) is 0.200. The van der Waals surface area contributed by atoms with Gasteiger partial charge in [0.15, 0.2) is 0 Å². The lowest BCUT2D eigenvalue weighted by molar-refractivity contribution is 0.0832. The van der Waals surface area contributed by atoms with E-state index in [4.69, 9.17) is 15.7 Å². The molecule has 0 saturated carbocycles. The van der Waals surface area contributed by atoms with Crippen molar-refractivity contribution in [3.8, 4) is 5.75 Å². The Hall–Kier alpha value is -1.88. The number of hydrogen-bond acceptors (Lipinski definition) is 4. The second-order valence-corrected chi connectivity index (χ2v) is 3.17. The van der Waals surface area contributed by atoms with Crippen LogP contribution in [0, 0.1) is 0 Å². The maximum absolute atomic E-state index is 9.39. The number of nitrogens with two attached hydrogens (primary N) is 1. The molecule has 0 spiro atoms. The highest BCUT2D eigenvalue weighted by Crippen LogP contribution is 2.26. The number of phenolic OH excluding ortho intramolecular Hbond substituents is 1. The minimum atomic E-state index is -0.0484. The molecule has 80 valence electrons. The first-order chi connectivity index (χ1) is 7.22. The topological polar surface area (TPSA) is 80.6 Å². The summed E-state index contributed by atoms with van der Waals surface area (Å²) in [5.41, 5.74) is 6.64. The smallest absolute Gasteiger partial charge is 0.139 e. The van der Waals surface area contributed by atoms with Gasteiger partial charge in [0, 0.05) is 11.6 Å². The van der Waals surface area contributed by atoms with Crippen LogP contribution in [0.5, 0.6) is 5.75 Å². The van der Waals surface area contributed by atoms with Crippen molar-refractivity contribution in [2.45, 2.75) is 0 Å². The van der Waals surface area contributed by atoms with Gasteiger partial charge in [-0.2, -0.15) is 4.73 Å². The molecule has 1 aromatic carbocycles. The Labute approximate surface area is 86.3 Å². The molecular formula is C10H12N2O3. The summed E-state index contributed by atoms with van der Waals surface area (Å²) in [5, 5.41) is 18.9. The quantitative estimate of drug-likeness (QED) is 0.502. The van der Waals surface area contributed by atoms with E-state index in [-0.39, 0.29) is 19.0 Å². The SMILES string of the molecule is Nc1cc2c(ccn2OCCO)cc1O. The monoisotopic (exact) mass is 208 g/mol. The summed E-state index contributed by atoms with van der Waals surface area (Å²) in [6, 6.07) is 5.00. The summed E-state index contributed by atoms with van der Waals surface area (Å²) >= 11 is 0. The molecule has 2 aromatic rings. The maximum Gasteiger partial charge on any atom is 0.139 e. The highest BCUT2D eigenvalue weighted by molar-refractivity contribution is 5.85. The van der Waals surface area contributed by atoms with Gasteiger partial charge in [-0.1, -0.05) is 0 Å². The van der Waals surface area contributed by atoms with Crippen molar-refractivity contribution in [1.82, 2.24) is 4.73 Å². The molecule has 1 aromatic heterocycles. The average molecular weight is 208 g/mol. The summed E-state index contributed by atoms with van der Waals surface area (Å²) in [7, 11) is 0. The van der Waals surface area contributed by atoms with Gasteiger partial charge in [0.1, 0.15) is 12.4 Å². The predicted octanol–water partition coefficient (Wildman–Crippen LogP) is 0.350. The number of aliphatic hydroxyl groups is 1. The minimum absolute atomic E-state index is 0.0484. The third-order valence-corrected chi connectivity index (χ3v) is 2.12. The van der Waals surface area contributed by atoms with Crippen LogP contribution in [0.15, 0.2) is 24.4 Å². The van der Waals surface area contributed by atoms with Gasteiger partial charge in [-0.25, -0.2) is 0 Å². The van der Waals surface area contributed by atoms with E-state index in [0.717, 1.165) is 10.9 Å². The molecule has 0 aliphatic carbocycles. The second-order valence-electron chi connectivity index (χ2n) is 3.17. The summed E-state index contributed by atoms with van der Waals surface area (Å²) in [6.45, 7) is 0.164. The van der Waals surface area contributed by atoms with Gasteiger partial charge < -0.3 is 20.8 Å². The van der Waals surface area contributed by atoms with E-state index in [1.165, 1.54) is 4.73 Å². The van der Waals surface area contributed by atoms with E-state index in [2.05, 4.69) is 0 Å². The van der Waals surface area contributed by atoms with E-state index in [1.807, 2.05) is 0 Å². The summed E-state index contributed by atoms with van der Waals surface area (Å²) in [6.07, 6.45) is 1.71. The Morgan fingerprint density at radius 1 is 1.40 bits per heavy atom. The van der Waals surface area contributed by atoms with Crippen LogP contribution in [0.2, 0.25) is 0 Å². The zero-order valence-electron chi connectivity index (χ0n) is 8.05. The molecule has 0 saturated heterocycles. The molecule has 2 rings (SSSR count). The lowest BCUT2D eigenvalue weighted by Crippen LogP contribution is -2.13. The molecule has 5 nitrogen and oxygen atoms in total. The van der Waals surface area contributed by atoms with Crippen LogP contribution in [-0.4, -0.2) is 28.2 Å². The van der Waals surface area contributed by atoms with Gasteiger partial charge in [0.25, 0.3) is 0 Å². The Kier molecular flexibility index (Phi) is 2.39. The number of rotatable bonds is 3. The number of hydrogen-bond donors (Lipinski definition) is 3. The van der Waals surface area contributed by atoms with Crippen LogP contribution < -0.4 is 10.6 Å². The molecule has 5 heteroatoms. The van der Waals surface area contributed by atoms with E-state index in [0.29, 0.717) is 5.69 Å². The van der Waals surface area contributed by atoms with Gasteiger partial charge in [0.2, 0.25) is 0 Å². The van der Waals surface area contributed by atoms with Crippen molar-refractivity contribution in [1.29, 1.82) is 0 Å². The largest absolute Gasteiger partial charge is 0.506 e. The molecule has 0 aliphatic rings. The van der Waals surface area contributed by atoms with Crippen LogP contribution in [-0.2, 0) is 0 Å². The molecular weight excluding hydrogens is 196 g/mol. The maximum atomic E-state index is 9.39. The molecule has 1 heterocycles. The van der Waals surface area contributed by atoms with Crippen molar-refractivity contribution in [3.63, 3.8) is 0 Å². The zero-order valence-corrected chi connectivity index (χ0v) is 8.05. The van der Waals surface area contributed by atoms with E-state index in [9.17, 15) is 5.11 Å². The number of aliphatic hydroxyl groups excluding tert-OH is 1. The van der Waals surface area contributed by atoms with E-state index >= 15 is 0 Å². The fourth-order valence-corrected chi connectivity index (χ4v) is 1.41. The van der Waals surface area contributed by atoms with Crippen LogP contribution in [0.25, 0.3) is 10.9 Å². The normalized spacial score (nSPS) is 10.7. The van der Waals surface area contributed by atoms with Crippen molar-refractivity contribution in [3.05, 3.63) is 24.4 Å². The number of nitrogens with zero attached hydrogens (tertiary/aromatic N) is 1. The molecule has 0 amide bonds. The zero-order chi connectivity index (χ0) is 10.8. The molecule has 0 radical (unpaired) electrons. The van der Waals surface area contributed by atoms with Gasteiger partial charge in [-0.05, 0) is 18.2 Å². The number of aromatic hydroxyl groups is 1. The van der Waals surface area contributed by atoms with Crippen LogP contribution >= 0.6 is 0 Å². The molecule has 15 heavy (non-hydrogen) atoms. The Morgan fingerprint density at radius 2 is 2.20 bits per heavy atom. The average Bonchev–Trinajstić information content (AvgIpc) is 2.59. The van der Waals surface area contributed by atoms with Crippen LogP contribution in [0.1, 0.15) is 0 Å². The summed E-state index contributed by atoms with van der Waals surface area (Å²) < 4.78 is 1.52. The van der Waals surface area contributed by atoms with Gasteiger partial charge in [-0.3, -0.25) is 0 Å². The highest BCUT2D eigenvalue weighted by Gasteiger charge is 2.05. The first-order valence-corrected chi connectivity index (χ1v) is 4.56. The predicted molar refractivity (Wildman–Crippen MR) is 56.5 cm³/mol. The number of phenols is 1. The molecule has 0 unspecified atom stereocenters. The number of aromatic nitrogens is 1. The molecule has 0 fully saturated rings. The Balaban J connectivity index is 2.45. The first-order valence-electron chi connectivity index (χ1n) is 4.56. The fourth-order valence-electron chi connectivity index (χ4n) is 1.41. The highest BCUT2D eigenvalue weighted by atomic mass is 16.7. The summed E-state index contributed by atoms with van der Waals surface area (Å²) in [5.74, 6) is 0.0578. The molecule has 0 bridgehead atoms. The number of fused-ring (bicyclic) bond motifs is 1. The van der Waals surface area contributed by atoms with E-state index in [1.54, 1.807) is 24.4 Å². The Bertz CT molecular complexity index is 479. The third-order valence-electron chi connectivity index (χ3n) is 2.12. The lowest BCUT2D eigenvalue weighted by Gasteiger charge is -2.07. The standard InChI is InChI=1S/C10H12N2O3/c11-8-6-9-7(5-10(8)14)1-2-12(9)15-4-3-13/h1-2,5-6,13-14H,3-4,11H2. The number of benzene rings is 1. The number of anilines is 1. The van der Waals surface area contributed by atoms with Gasteiger partial charge in [0.05, 0.1) is 17.8 Å². The third kappa shape index (κ3) is 1.69. The van der Waals surface area contributed by atoms with Gasteiger partial charge >= 0.3 is 0 Å². The van der Waals surface area contributed by atoms with Crippen molar-refractivity contribution in [2.75, 3.05) is 18.9 Å². The lowest BCUT2D eigenvalue weighted by atomic mass is 10.2. The molecule has 0 atom stereocenters. The second kappa shape index (κ2) is 3.70. The van der Waals surface area contributed by atoms with Crippen molar-refractivity contribution in [2.24, 2.45) is 0 Å². The van der Waals surface area contributed by atoms with Gasteiger partial charge in [-0.15, -0.1) is 0 Å². The van der Waals surface area contributed by atoms with Crippen LogP contribution in [0.4, 0.5) is 5.69 Å². The van der Waals surface area contributed by atoms with E-state index < -0.39 is 0 Å². The van der Waals surface area contributed by atoms with Crippen molar-refractivity contribution >= 4 is 16.6 Å². The Morgan fingerprint density at radius 3 is 2.93 bits per heavy atom. The summed E-state index contributed by atoms with van der Waals surface area (Å²) in [4.78, 5) is 5.23. The molecule has 0 aliphatic heterocycles.